The van der Waals surface area contributed by atoms with Gasteiger partial charge in [0.05, 0.1) is 19.0 Å². The number of anilines is 1. The van der Waals surface area contributed by atoms with E-state index < -0.39 is 16.6 Å². The summed E-state index contributed by atoms with van der Waals surface area (Å²) in [5.41, 5.74) is 6.09. The molecular weight excluding hydrogens is 454 g/mol. The van der Waals surface area contributed by atoms with Crippen molar-refractivity contribution < 1.29 is 13.6 Å². The van der Waals surface area contributed by atoms with Crippen LogP contribution in [0.5, 0.6) is 0 Å². The number of rotatable bonds is 6. The number of nitrogens with one attached hydrogen (secondary N) is 1. The van der Waals surface area contributed by atoms with Gasteiger partial charge in [0.1, 0.15) is 12.3 Å². The molecule has 0 spiro atoms. The SMILES string of the molecule is CC(C)(C)[Si](C)(C)OC[C@H]1O[C@@H](n2cnc3c(=O)[nH]c(N)nc32)CC1O[Si](C)(C)C(C)(C)C. The number of aromatic amines is 1. The van der Waals surface area contributed by atoms with Crippen LogP contribution in [0.25, 0.3) is 11.2 Å². The summed E-state index contributed by atoms with van der Waals surface area (Å²) in [5, 5.41) is 0.171. The average molecular weight is 496 g/mol. The Morgan fingerprint density at radius 2 is 1.76 bits per heavy atom. The largest absolute Gasteiger partial charge is 0.414 e. The Labute approximate surface area is 198 Å². The first kappa shape index (κ1) is 26.1. The van der Waals surface area contributed by atoms with Gasteiger partial charge in [-0.25, -0.2) is 4.98 Å². The lowest BCUT2D eigenvalue weighted by molar-refractivity contribution is -0.0383. The van der Waals surface area contributed by atoms with E-state index in [9.17, 15) is 4.79 Å². The highest BCUT2D eigenvalue weighted by Crippen LogP contribution is 2.42. The van der Waals surface area contributed by atoms with Crippen LogP contribution in [-0.4, -0.2) is 55.0 Å². The summed E-state index contributed by atoms with van der Waals surface area (Å²) in [6, 6.07) is 0. The minimum atomic E-state index is -2.05. The van der Waals surface area contributed by atoms with Gasteiger partial charge in [0.15, 0.2) is 27.8 Å². The molecule has 0 saturated carbocycles. The molecule has 1 aliphatic rings. The molecule has 1 aliphatic heterocycles. The Kier molecular flexibility index (Phi) is 6.79. The van der Waals surface area contributed by atoms with Gasteiger partial charge in [-0.3, -0.25) is 14.3 Å². The summed E-state index contributed by atoms with van der Waals surface area (Å²) < 4.78 is 21.6. The van der Waals surface area contributed by atoms with Crippen LogP contribution in [0.4, 0.5) is 5.95 Å². The number of nitrogen functional groups attached to an aromatic ring is 1. The fraction of sp³-hybridized carbons (Fsp3) is 0.773. The van der Waals surface area contributed by atoms with E-state index >= 15 is 0 Å². The van der Waals surface area contributed by atoms with Gasteiger partial charge in [0, 0.05) is 6.42 Å². The molecular formula is C22H41N5O4Si2. The molecule has 33 heavy (non-hydrogen) atoms. The van der Waals surface area contributed by atoms with Crippen LogP contribution in [0.15, 0.2) is 11.1 Å². The highest BCUT2D eigenvalue weighted by Gasteiger charge is 2.46. The van der Waals surface area contributed by atoms with E-state index in [2.05, 4.69) is 82.7 Å². The van der Waals surface area contributed by atoms with Crippen LogP contribution < -0.4 is 11.3 Å². The smallest absolute Gasteiger partial charge is 0.280 e. The number of nitrogens with two attached hydrogens (primary N) is 1. The van der Waals surface area contributed by atoms with Crippen molar-refractivity contribution in [3.05, 3.63) is 16.7 Å². The van der Waals surface area contributed by atoms with Crippen LogP contribution in [0, 0.1) is 0 Å². The molecule has 3 atom stereocenters. The molecule has 1 unspecified atom stereocenters. The molecule has 0 radical (unpaired) electrons. The molecule has 0 aromatic carbocycles. The van der Waals surface area contributed by atoms with Crippen molar-refractivity contribution >= 4 is 33.7 Å². The molecule has 3 heterocycles. The summed E-state index contributed by atoms with van der Waals surface area (Å²) in [5.74, 6) is 0.0548. The van der Waals surface area contributed by atoms with Gasteiger partial charge in [-0.15, -0.1) is 0 Å². The van der Waals surface area contributed by atoms with Crippen LogP contribution in [0.3, 0.4) is 0 Å². The number of nitrogens with zero attached hydrogens (tertiary/aromatic N) is 3. The van der Waals surface area contributed by atoms with Crippen LogP contribution >= 0.6 is 0 Å². The van der Waals surface area contributed by atoms with Crippen molar-refractivity contribution in [1.82, 2.24) is 19.5 Å². The second kappa shape index (κ2) is 8.60. The lowest BCUT2D eigenvalue weighted by Gasteiger charge is -2.40. The Balaban J connectivity index is 1.91. The van der Waals surface area contributed by atoms with Gasteiger partial charge >= 0.3 is 0 Å². The van der Waals surface area contributed by atoms with E-state index in [4.69, 9.17) is 19.3 Å². The number of hydrogen-bond acceptors (Lipinski definition) is 7. The molecule has 2 aromatic rings. The number of hydrogen-bond donors (Lipinski definition) is 2. The third kappa shape index (κ3) is 5.27. The highest BCUT2D eigenvalue weighted by molar-refractivity contribution is 6.74. The van der Waals surface area contributed by atoms with Gasteiger partial charge < -0.3 is 19.3 Å². The lowest BCUT2D eigenvalue weighted by Crippen LogP contribution is -2.48. The van der Waals surface area contributed by atoms with Crippen molar-refractivity contribution in [2.45, 2.75) is 103 Å². The number of fused-ring (bicyclic) bond motifs is 1. The maximum absolute atomic E-state index is 12.2. The molecule has 3 N–H and O–H groups in total. The Hall–Kier alpha value is -1.54. The fourth-order valence-electron chi connectivity index (χ4n) is 3.36. The van der Waals surface area contributed by atoms with E-state index in [1.165, 1.54) is 0 Å². The van der Waals surface area contributed by atoms with Crippen LogP contribution in [0.1, 0.15) is 54.2 Å². The van der Waals surface area contributed by atoms with E-state index in [1.807, 2.05) is 0 Å². The highest BCUT2D eigenvalue weighted by atomic mass is 28.4. The first-order valence-corrected chi connectivity index (χ1v) is 17.4. The molecule has 9 nitrogen and oxygen atoms in total. The zero-order chi connectivity index (χ0) is 25.0. The minimum Gasteiger partial charge on any atom is -0.414 e. The predicted octanol–water partition coefficient (Wildman–Crippen LogP) is 4.40. The molecule has 0 amide bonds. The molecule has 3 rings (SSSR count). The number of ether oxygens (including phenoxy) is 1. The molecule has 1 saturated heterocycles. The monoisotopic (exact) mass is 495 g/mol. The van der Waals surface area contributed by atoms with Crippen molar-refractivity contribution in [3.8, 4) is 0 Å². The Bertz CT molecular complexity index is 1050. The summed E-state index contributed by atoms with van der Waals surface area (Å²) in [7, 11) is -4.01. The Morgan fingerprint density at radius 1 is 1.15 bits per heavy atom. The molecule has 1 fully saturated rings. The quantitative estimate of drug-likeness (QED) is 0.570. The zero-order valence-electron chi connectivity index (χ0n) is 21.8. The van der Waals surface area contributed by atoms with Gasteiger partial charge in [-0.05, 0) is 36.3 Å². The maximum atomic E-state index is 12.2. The first-order valence-electron chi connectivity index (χ1n) is 11.6. The minimum absolute atomic E-state index is 0.0548. The van der Waals surface area contributed by atoms with Crippen LogP contribution in [-0.2, 0) is 13.6 Å². The number of H-pyrrole nitrogens is 1. The standard InChI is InChI=1S/C22H41N5O4Si2/c1-21(2,3)32(7,8)29-12-15-14(31-33(9,10)22(4,5)6)11-16(30-15)27-13-24-17-18(27)25-20(23)26-19(17)28/h13-16H,11-12H2,1-10H3,(H3,23,25,26,28)/t14?,15-,16-/m1/s1. The van der Waals surface area contributed by atoms with Crippen LogP contribution in [0.2, 0.25) is 36.3 Å². The van der Waals surface area contributed by atoms with E-state index in [-0.39, 0.29) is 45.5 Å². The maximum Gasteiger partial charge on any atom is 0.280 e. The lowest BCUT2D eigenvalue weighted by atomic mass is 10.2. The fourth-order valence-corrected chi connectivity index (χ4v) is 5.73. The molecule has 186 valence electrons. The van der Waals surface area contributed by atoms with Crippen molar-refractivity contribution in [3.63, 3.8) is 0 Å². The number of imidazole rings is 1. The van der Waals surface area contributed by atoms with Crippen molar-refractivity contribution in [1.29, 1.82) is 0 Å². The topological polar surface area (TPSA) is 117 Å². The molecule has 11 heteroatoms. The summed E-state index contributed by atoms with van der Waals surface area (Å²) in [4.78, 5) is 23.3. The molecule has 0 aliphatic carbocycles. The third-order valence-electron chi connectivity index (χ3n) is 7.61. The summed E-state index contributed by atoms with van der Waals surface area (Å²) in [6.45, 7) is 22.8. The first-order chi connectivity index (χ1) is 14.9. The summed E-state index contributed by atoms with van der Waals surface area (Å²) >= 11 is 0. The Morgan fingerprint density at radius 3 is 2.33 bits per heavy atom. The van der Waals surface area contributed by atoms with Crippen molar-refractivity contribution in [2.24, 2.45) is 0 Å². The van der Waals surface area contributed by atoms with Gasteiger partial charge in [0.25, 0.3) is 5.56 Å². The van der Waals surface area contributed by atoms with Gasteiger partial charge in [-0.1, -0.05) is 41.5 Å². The average Bonchev–Trinajstić information content (AvgIpc) is 3.21. The predicted molar refractivity (Wildman–Crippen MR) is 136 cm³/mol. The third-order valence-corrected chi connectivity index (χ3v) is 16.6. The second-order valence-corrected chi connectivity index (χ2v) is 21.7. The van der Waals surface area contributed by atoms with E-state index in [0.29, 0.717) is 18.7 Å². The second-order valence-electron chi connectivity index (χ2n) is 12.1. The molecule has 0 bridgehead atoms. The normalized spacial score (nSPS) is 22.9. The summed E-state index contributed by atoms with van der Waals surface area (Å²) in [6.07, 6.45) is 1.49. The van der Waals surface area contributed by atoms with Gasteiger partial charge in [-0.2, -0.15) is 4.98 Å². The van der Waals surface area contributed by atoms with Crippen molar-refractivity contribution in [2.75, 3.05) is 12.3 Å². The van der Waals surface area contributed by atoms with Gasteiger partial charge in [0.2, 0.25) is 5.95 Å². The van der Waals surface area contributed by atoms with E-state index in [1.54, 1.807) is 10.9 Å². The zero-order valence-corrected chi connectivity index (χ0v) is 23.8. The van der Waals surface area contributed by atoms with E-state index in [0.717, 1.165) is 0 Å². The number of aromatic nitrogens is 4. The molecule has 2 aromatic heterocycles.